The highest BCUT2D eigenvalue weighted by Gasteiger charge is 2.07. The number of hydrogen-bond acceptors (Lipinski definition) is 0. The molecule has 0 heterocycles. The van der Waals surface area contributed by atoms with Crippen molar-refractivity contribution in [1.82, 2.24) is 0 Å². The lowest BCUT2D eigenvalue weighted by Crippen LogP contribution is -2.16. The van der Waals surface area contributed by atoms with Gasteiger partial charge in [-0.1, -0.05) is 39.3 Å². The van der Waals surface area contributed by atoms with Gasteiger partial charge in [-0.15, -0.1) is 22.9 Å². The van der Waals surface area contributed by atoms with E-state index in [2.05, 4.69) is 62.2 Å². The summed E-state index contributed by atoms with van der Waals surface area (Å²) in [5.41, 5.74) is 6.79. The Morgan fingerprint density at radius 1 is 0.625 bits per heavy atom. The van der Waals surface area contributed by atoms with Crippen LogP contribution in [-0.4, -0.2) is 16.1 Å². The van der Waals surface area contributed by atoms with E-state index in [9.17, 15) is 0 Å². The van der Waals surface area contributed by atoms with E-state index in [0.29, 0.717) is 0 Å². The molecule has 0 nitrogen and oxygen atoms in total. The van der Waals surface area contributed by atoms with E-state index in [4.69, 9.17) is 0 Å². The Morgan fingerprint density at radius 3 is 1.19 bits per heavy atom. The van der Waals surface area contributed by atoms with Gasteiger partial charge in [0.15, 0.2) is 0 Å². The van der Waals surface area contributed by atoms with Crippen molar-refractivity contribution < 1.29 is 0 Å². The summed E-state index contributed by atoms with van der Waals surface area (Å²) in [6.07, 6.45) is 4.52. The molecule has 0 aromatic carbocycles. The Kier molecular flexibility index (Phi) is 6.80. The van der Waals surface area contributed by atoms with Crippen molar-refractivity contribution >= 4 is 16.1 Å². The normalized spacial score (nSPS) is 11.1. The summed E-state index contributed by atoms with van der Waals surface area (Å²) in [5.74, 6) is 6.61. The van der Waals surface area contributed by atoms with Crippen LogP contribution in [0, 0.1) is 22.9 Å². The third-order valence-corrected chi connectivity index (χ3v) is 3.63. The largest absolute Gasteiger partial charge is 0.132 e. The minimum Gasteiger partial charge on any atom is -0.132 e. The molecule has 90 valence electrons. The van der Waals surface area contributed by atoms with Gasteiger partial charge in [0.1, 0.15) is 16.1 Å². The van der Waals surface area contributed by atoms with Crippen LogP contribution in [0.1, 0.15) is 25.7 Å². The molecule has 2 heteroatoms. The maximum absolute atomic E-state index is 3.40. The zero-order valence-electron chi connectivity index (χ0n) is 11.8. The molecular weight excluding hydrogens is 224 g/mol. The fourth-order valence-corrected chi connectivity index (χ4v) is 2.39. The molecule has 0 unspecified atom stereocenters. The summed E-state index contributed by atoms with van der Waals surface area (Å²) in [4.78, 5) is 0. The van der Waals surface area contributed by atoms with Gasteiger partial charge in [-0.05, 0) is 12.8 Å². The predicted molar refractivity (Wildman–Crippen MR) is 80.7 cm³/mol. The van der Waals surface area contributed by atoms with Gasteiger partial charge in [-0.2, -0.15) is 0 Å². The summed E-state index contributed by atoms with van der Waals surface area (Å²) >= 11 is 0. The smallest absolute Gasteiger partial charge is 0.129 e. The predicted octanol–water partition coefficient (Wildman–Crippen LogP) is 4.31. The molecule has 0 bridgehead atoms. The summed E-state index contributed by atoms with van der Waals surface area (Å²) in [5, 5.41) is 0. The van der Waals surface area contributed by atoms with Crippen molar-refractivity contribution in [3.63, 3.8) is 0 Å². The molecule has 0 aliphatic carbocycles. The van der Waals surface area contributed by atoms with Crippen LogP contribution >= 0.6 is 0 Å². The van der Waals surface area contributed by atoms with Crippen LogP contribution < -0.4 is 0 Å². The minimum atomic E-state index is -1.14. The monoisotopic (exact) mass is 250 g/mol. The van der Waals surface area contributed by atoms with Crippen molar-refractivity contribution in [2.75, 3.05) is 0 Å². The third kappa shape index (κ3) is 13.6. The molecule has 0 amide bonds. The first-order valence-corrected chi connectivity index (χ1v) is 13.2. The van der Waals surface area contributed by atoms with E-state index in [1.807, 2.05) is 0 Å². The molecule has 0 aromatic rings. The zero-order valence-corrected chi connectivity index (χ0v) is 13.8. The van der Waals surface area contributed by atoms with Gasteiger partial charge in [0.05, 0.1) is 0 Å². The highest BCUT2D eigenvalue weighted by molar-refractivity contribution is 6.84. The Bertz CT molecular complexity index is 273. The van der Waals surface area contributed by atoms with Crippen LogP contribution in [0.5, 0.6) is 0 Å². The van der Waals surface area contributed by atoms with Crippen LogP contribution in [0.4, 0.5) is 0 Å². The molecule has 0 aliphatic rings. The molecule has 0 rings (SSSR count). The van der Waals surface area contributed by atoms with E-state index in [1.165, 1.54) is 12.8 Å². The van der Waals surface area contributed by atoms with Crippen LogP contribution in [0.2, 0.25) is 39.3 Å². The van der Waals surface area contributed by atoms with E-state index < -0.39 is 16.1 Å². The molecule has 0 N–H and O–H groups in total. The molecule has 16 heavy (non-hydrogen) atoms. The van der Waals surface area contributed by atoms with Gasteiger partial charge in [0, 0.05) is 12.8 Å². The van der Waals surface area contributed by atoms with Crippen molar-refractivity contribution in [3.8, 4) is 22.9 Å². The SMILES string of the molecule is C[Si](C)(C)C#CCCCCC#C[Si](C)(C)C. The highest BCUT2D eigenvalue weighted by atomic mass is 28.3. The second kappa shape index (κ2) is 6.99. The minimum absolute atomic E-state index is 1.05. The Balaban J connectivity index is 3.61. The third-order valence-electron chi connectivity index (χ3n) is 1.78. The Morgan fingerprint density at radius 2 is 0.938 bits per heavy atom. The van der Waals surface area contributed by atoms with Crippen molar-refractivity contribution in [1.29, 1.82) is 0 Å². The lowest BCUT2D eigenvalue weighted by Gasteiger charge is -2.03. The molecule has 0 saturated heterocycles. The number of hydrogen-bond donors (Lipinski definition) is 0. The van der Waals surface area contributed by atoms with E-state index in [-0.39, 0.29) is 0 Å². The number of rotatable bonds is 3. The molecule has 0 fully saturated rings. The number of unbranched alkanes of at least 4 members (excludes halogenated alkanes) is 3. The first kappa shape index (κ1) is 15.6. The first-order chi connectivity index (χ1) is 7.21. The first-order valence-electron chi connectivity index (χ1n) is 6.21. The lowest BCUT2D eigenvalue weighted by atomic mass is 10.2. The van der Waals surface area contributed by atoms with Gasteiger partial charge in [0.25, 0.3) is 0 Å². The molecule has 0 spiro atoms. The van der Waals surface area contributed by atoms with Crippen LogP contribution in [0.15, 0.2) is 0 Å². The molecule has 0 aromatic heterocycles. The second-order valence-corrected chi connectivity index (χ2v) is 15.8. The average molecular weight is 251 g/mol. The Labute approximate surface area is 104 Å². The van der Waals surface area contributed by atoms with Gasteiger partial charge in [-0.25, -0.2) is 0 Å². The summed E-state index contributed by atoms with van der Waals surface area (Å²) in [6.45, 7) is 13.7. The van der Waals surface area contributed by atoms with Crippen LogP contribution in [0.25, 0.3) is 0 Å². The van der Waals surface area contributed by atoms with Crippen molar-refractivity contribution in [2.45, 2.75) is 65.0 Å². The van der Waals surface area contributed by atoms with Crippen molar-refractivity contribution in [2.24, 2.45) is 0 Å². The summed E-state index contributed by atoms with van der Waals surface area (Å²) in [7, 11) is -2.28. The molecule has 0 atom stereocenters. The molecule has 0 radical (unpaired) electrons. The van der Waals surface area contributed by atoms with E-state index in [1.54, 1.807) is 0 Å². The quantitative estimate of drug-likeness (QED) is 0.398. The standard InChI is InChI=1S/C14H26Si2/c1-15(2,3)13-11-9-7-8-10-12-14-16(4,5)6/h7-10H2,1-6H3. The van der Waals surface area contributed by atoms with E-state index >= 15 is 0 Å². The van der Waals surface area contributed by atoms with Gasteiger partial charge < -0.3 is 0 Å². The lowest BCUT2D eigenvalue weighted by molar-refractivity contribution is 0.783. The van der Waals surface area contributed by atoms with Gasteiger partial charge >= 0.3 is 0 Å². The summed E-state index contributed by atoms with van der Waals surface area (Å²) < 4.78 is 0. The van der Waals surface area contributed by atoms with Crippen LogP contribution in [-0.2, 0) is 0 Å². The van der Waals surface area contributed by atoms with Gasteiger partial charge in [-0.3, -0.25) is 0 Å². The second-order valence-electron chi connectivity index (χ2n) is 6.31. The molecular formula is C14H26Si2. The Hall–Kier alpha value is -0.446. The highest BCUT2D eigenvalue weighted by Crippen LogP contribution is 2.02. The van der Waals surface area contributed by atoms with Crippen LogP contribution in [0.3, 0.4) is 0 Å². The average Bonchev–Trinajstić information content (AvgIpc) is 2.06. The fraction of sp³-hybridized carbons (Fsp3) is 0.714. The molecule has 0 aliphatic heterocycles. The van der Waals surface area contributed by atoms with E-state index in [0.717, 1.165) is 12.8 Å². The topological polar surface area (TPSA) is 0 Å². The maximum atomic E-state index is 3.40. The molecule has 0 saturated carbocycles. The summed E-state index contributed by atoms with van der Waals surface area (Å²) in [6, 6.07) is 0. The van der Waals surface area contributed by atoms with Crippen molar-refractivity contribution in [3.05, 3.63) is 0 Å². The van der Waals surface area contributed by atoms with Gasteiger partial charge in [0.2, 0.25) is 0 Å². The fourth-order valence-electron chi connectivity index (χ4n) is 1.08. The zero-order chi connectivity index (χ0) is 12.7. The maximum Gasteiger partial charge on any atom is 0.129 e.